The normalized spacial score (nSPS) is 19.9. The molecule has 2 aromatic carbocycles. The molecule has 0 radical (unpaired) electrons. The average Bonchev–Trinajstić information content (AvgIpc) is 3.75. The maximum atomic E-state index is 13.3. The highest BCUT2D eigenvalue weighted by molar-refractivity contribution is 8.00. The van der Waals surface area contributed by atoms with Gasteiger partial charge in [-0.1, -0.05) is 42.8 Å². The fourth-order valence-electron chi connectivity index (χ4n) is 7.36. The van der Waals surface area contributed by atoms with Crippen LogP contribution in [-0.4, -0.2) is 105 Å². The number of rotatable bonds is 16. The topological polar surface area (TPSA) is 144 Å². The van der Waals surface area contributed by atoms with E-state index in [-0.39, 0.29) is 29.8 Å². The molecule has 4 aromatic rings. The number of fused-ring (bicyclic) bond motifs is 1. The molecule has 54 heavy (non-hydrogen) atoms. The number of anilines is 2. The molecule has 3 saturated heterocycles. The number of hydrogen-bond acceptors (Lipinski definition) is 10. The highest BCUT2D eigenvalue weighted by Crippen LogP contribution is 2.33. The van der Waals surface area contributed by atoms with Crippen LogP contribution in [0.15, 0.2) is 79.3 Å². The largest absolute Gasteiger partial charge is 0.355 e. The Morgan fingerprint density at radius 2 is 1.76 bits per heavy atom. The molecule has 3 aliphatic heterocycles. The van der Waals surface area contributed by atoms with Gasteiger partial charge in [-0.15, -0.1) is 0 Å². The molecule has 0 spiro atoms. The second-order valence-electron chi connectivity index (χ2n) is 14.4. The summed E-state index contributed by atoms with van der Waals surface area (Å²) >= 11 is 1.92. The molecule has 13 heteroatoms. The van der Waals surface area contributed by atoms with Crippen LogP contribution >= 0.6 is 11.8 Å². The van der Waals surface area contributed by atoms with Crippen molar-refractivity contribution in [3.05, 3.63) is 102 Å². The summed E-state index contributed by atoms with van der Waals surface area (Å²) in [6.07, 6.45) is 8.99. The number of benzene rings is 2. The van der Waals surface area contributed by atoms with Gasteiger partial charge < -0.3 is 21.3 Å². The van der Waals surface area contributed by atoms with E-state index in [1.54, 1.807) is 18.6 Å². The number of carbonyl (C=O) groups is 3. The van der Waals surface area contributed by atoms with Crippen molar-refractivity contribution in [3.63, 3.8) is 0 Å². The third kappa shape index (κ3) is 10.0. The molecular formula is C41H49N9O3S. The Kier molecular flexibility index (Phi) is 12.5. The molecule has 0 bridgehead atoms. The van der Waals surface area contributed by atoms with E-state index < -0.39 is 0 Å². The van der Waals surface area contributed by atoms with Crippen LogP contribution in [0.4, 0.5) is 16.4 Å². The number of unbranched alkanes of at least 4 members (excludes halogenated alkanes) is 1. The van der Waals surface area contributed by atoms with E-state index in [9.17, 15) is 14.4 Å². The number of nitrogens with one attached hydrogen (secondary N) is 4. The summed E-state index contributed by atoms with van der Waals surface area (Å²) in [5.41, 5.74) is 6.42. The van der Waals surface area contributed by atoms with Crippen molar-refractivity contribution in [1.82, 2.24) is 40.7 Å². The molecule has 2 aromatic heterocycles. The van der Waals surface area contributed by atoms with Gasteiger partial charge in [0.15, 0.2) is 5.78 Å². The van der Waals surface area contributed by atoms with Gasteiger partial charge in [0.1, 0.15) is 0 Å². The molecule has 7 rings (SSSR count). The number of ketones is 1. The van der Waals surface area contributed by atoms with Crippen LogP contribution in [0.3, 0.4) is 0 Å². The number of piperazine rings is 1. The fourth-order valence-corrected chi connectivity index (χ4v) is 8.90. The molecule has 0 unspecified atom stereocenters. The van der Waals surface area contributed by atoms with Gasteiger partial charge in [0.05, 0.1) is 17.8 Å². The van der Waals surface area contributed by atoms with E-state index in [4.69, 9.17) is 0 Å². The summed E-state index contributed by atoms with van der Waals surface area (Å²) in [6, 6.07) is 20.2. The first-order valence-corrected chi connectivity index (χ1v) is 20.0. The van der Waals surface area contributed by atoms with Gasteiger partial charge in [0.25, 0.3) is 0 Å². The highest BCUT2D eigenvalue weighted by atomic mass is 32.2. The number of aryl methyl sites for hydroxylation is 1. The second-order valence-corrected chi connectivity index (χ2v) is 15.7. The van der Waals surface area contributed by atoms with E-state index in [0.29, 0.717) is 36.1 Å². The number of Topliss-reactive ketones (excluding diaryl/α,β-unsaturated/α-hetero) is 1. The van der Waals surface area contributed by atoms with Crippen molar-refractivity contribution < 1.29 is 14.4 Å². The molecule has 4 N–H and O–H groups in total. The van der Waals surface area contributed by atoms with Crippen LogP contribution in [0.2, 0.25) is 0 Å². The average molecular weight is 748 g/mol. The maximum Gasteiger partial charge on any atom is 0.315 e. The standard InChI is InChI=1S/C41H49N9O3S/c1-28-8-9-30(23-34(28)46-40-44-16-14-33(45-40)32-5-4-15-42-25-32)24-36(51)31-12-10-29(11-13-31)26-50-21-19-49(20-22-50)18-17-43-38(52)7-3-2-6-37-39-35(27-54-37)47-41(53)48-39/h4-5,8-16,23,25,35,37,39H,2-3,6-7,17-22,24,26-27H2,1H3,(H,43,52)(H,44,45,46)(H2,47,48,53)/t35-,37-,39-/m0/s1. The van der Waals surface area contributed by atoms with Crippen molar-refractivity contribution in [1.29, 1.82) is 0 Å². The third-order valence-corrected chi connectivity index (χ3v) is 12.0. The Morgan fingerprint density at radius 3 is 2.57 bits per heavy atom. The van der Waals surface area contributed by atoms with Crippen LogP contribution in [-0.2, 0) is 17.8 Å². The lowest BCUT2D eigenvalue weighted by atomic mass is 10.00. The van der Waals surface area contributed by atoms with Gasteiger partial charge in [0, 0.05) is 105 Å². The molecule has 3 fully saturated rings. The van der Waals surface area contributed by atoms with E-state index in [1.807, 2.05) is 67.2 Å². The van der Waals surface area contributed by atoms with Crippen molar-refractivity contribution in [2.45, 2.75) is 62.9 Å². The Bertz CT molecular complexity index is 1900. The quantitative estimate of drug-likeness (QED) is 0.0705. The summed E-state index contributed by atoms with van der Waals surface area (Å²) in [7, 11) is 0. The van der Waals surface area contributed by atoms with E-state index in [0.717, 1.165) is 92.4 Å². The molecule has 0 aliphatic carbocycles. The summed E-state index contributed by atoms with van der Waals surface area (Å²) in [5, 5.41) is 12.9. The van der Waals surface area contributed by atoms with Crippen LogP contribution in [0.1, 0.15) is 52.7 Å². The smallest absolute Gasteiger partial charge is 0.315 e. The van der Waals surface area contributed by atoms with Gasteiger partial charge in [0.2, 0.25) is 11.9 Å². The Morgan fingerprint density at radius 1 is 0.944 bits per heavy atom. The Labute approximate surface area is 321 Å². The molecule has 12 nitrogen and oxygen atoms in total. The monoisotopic (exact) mass is 747 g/mol. The number of nitrogens with zero attached hydrogens (tertiary/aromatic N) is 5. The zero-order valence-corrected chi connectivity index (χ0v) is 31.6. The zero-order valence-electron chi connectivity index (χ0n) is 30.8. The first kappa shape index (κ1) is 37.5. The Hall–Kier alpha value is -4.85. The fraction of sp³-hybridized carbons (Fsp3) is 0.415. The predicted molar refractivity (Wildman–Crippen MR) is 213 cm³/mol. The summed E-state index contributed by atoms with van der Waals surface area (Å²) in [6.45, 7) is 8.26. The lowest BCUT2D eigenvalue weighted by Crippen LogP contribution is -2.48. The van der Waals surface area contributed by atoms with Crippen LogP contribution in [0, 0.1) is 6.92 Å². The van der Waals surface area contributed by atoms with Gasteiger partial charge in [-0.3, -0.25) is 24.4 Å². The predicted octanol–water partition coefficient (Wildman–Crippen LogP) is 4.98. The lowest BCUT2D eigenvalue weighted by molar-refractivity contribution is -0.121. The van der Waals surface area contributed by atoms with E-state index in [2.05, 4.69) is 58.2 Å². The van der Waals surface area contributed by atoms with Crippen molar-refractivity contribution >= 4 is 41.1 Å². The minimum Gasteiger partial charge on any atom is -0.355 e. The number of aromatic nitrogens is 3. The van der Waals surface area contributed by atoms with Crippen molar-refractivity contribution in [2.24, 2.45) is 0 Å². The summed E-state index contributed by atoms with van der Waals surface area (Å²) in [4.78, 5) is 55.4. The van der Waals surface area contributed by atoms with Crippen molar-refractivity contribution in [2.75, 3.05) is 50.3 Å². The summed E-state index contributed by atoms with van der Waals surface area (Å²) < 4.78 is 0. The molecule has 5 heterocycles. The first-order chi connectivity index (χ1) is 26.4. The van der Waals surface area contributed by atoms with Gasteiger partial charge >= 0.3 is 6.03 Å². The number of urea groups is 1. The Balaban J connectivity index is 0.792. The minimum atomic E-state index is -0.0488. The number of carbonyl (C=O) groups excluding carboxylic acids is 3. The number of thioether (sulfide) groups is 1. The highest BCUT2D eigenvalue weighted by Gasteiger charge is 2.42. The molecule has 0 saturated carbocycles. The van der Waals surface area contributed by atoms with E-state index >= 15 is 0 Å². The molecule has 3 atom stereocenters. The molecular weight excluding hydrogens is 699 g/mol. The molecule has 282 valence electrons. The van der Waals surface area contributed by atoms with Gasteiger partial charge in [-0.25, -0.2) is 14.8 Å². The van der Waals surface area contributed by atoms with Crippen LogP contribution < -0.4 is 21.3 Å². The SMILES string of the molecule is Cc1ccc(CC(=O)c2ccc(CN3CCN(CCNC(=O)CCCC[C@@H]4SC[C@@H]5NC(=O)N[C@@H]54)CC3)cc2)cc1Nc1nccc(-c2cccnc2)n1. The number of hydrogen-bond donors (Lipinski definition) is 4. The minimum absolute atomic E-state index is 0.0488. The third-order valence-electron chi connectivity index (χ3n) is 10.5. The number of pyridine rings is 1. The molecule has 3 amide bonds. The van der Waals surface area contributed by atoms with Gasteiger partial charge in [-0.05, 0) is 60.7 Å². The van der Waals surface area contributed by atoms with Gasteiger partial charge in [-0.2, -0.15) is 11.8 Å². The lowest BCUT2D eigenvalue weighted by Gasteiger charge is -2.34. The summed E-state index contributed by atoms with van der Waals surface area (Å²) in [5.74, 6) is 1.65. The van der Waals surface area contributed by atoms with Crippen molar-refractivity contribution in [3.8, 4) is 11.3 Å². The van der Waals surface area contributed by atoms with Crippen LogP contribution in [0.5, 0.6) is 0 Å². The first-order valence-electron chi connectivity index (χ1n) is 19.0. The van der Waals surface area contributed by atoms with Crippen LogP contribution in [0.25, 0.3) is 11.3 Å². The molecule has 3 aliphatic rings. The van der Waals surface area contributed by atoms with E-state index in [1.165, 1.54) is 5.56 Å². The maximum absolute atomic E-state index is 13.3. The second kappa shape index (κ2) is 18.0. The number of amides is 3. The zero-order chi connectivity index (χ0) is 37.3.